The molecular weight excluding hydrogens is 350 g/mol. The summed E-state index contributed by atoms with van der Waals surface area (Å²) >= 11 is 9.14. The molecule has 0 radical (unpaired) electrons. The Kier molecular flexibility index (Phi) is 3.53. The predicted molar refractivity (Wildman–Crippen MR) is 67.6 cm³/mol. The Morgan fingerprint density at radius 1 is 1.40 bits per heavy atom. The van der Waals surface area contributed by atoms with Crippen molar-refractivity contribution < 1.29 is 4.39 Å². The van der Waals surface area contributed by atoms with Crippen LogP contribution in [0.3, 0.4) is 0 Å². The van der Waals surface area contributed by atoms with E-state index in [1.807, 2.05) is 0 Å². The van der Waals surface area contributed by atoms with Crippen LogP contribution in [-0.2, 0) is 5.88 Å². The van der Waals surface area contributed by atoms with Crippen LogP contribution in [-0.4, -0.2) is 10.2 Å². The summed E-state index contributed by atoms with van der Waals surface area (Å²) in [7, 11) is 0. The Labute approximate surface area is 109 Å². The van der Waals surface area contributed by atoms with Crippen molar-refractivity contribution in [3.05, 3.63) is 32.6 Å². The third-order valence-corrected chi connectivity index (χ3v) is 4.00. The van der Waals surface area contributed by atoms with E-state index >= 15 is 0 Å². The molecule has 0 spiro atoms. The SMILES string of the molecule is Fc1ccc(-c2nnc(CCl)s2)c(I)c1. The van der Waals surface area contributed by atoms with Gasteiger partial charge in [-0.05, 0) is 40.8 Å². The average Bonchev–Trinajstić information content (AvgIpc) is 2.66. The molecule has 2 nitrogen and oxygen atoms in total. The first kappa shape index (κ1) is 11.2. The van der Waals surface area contributed by atoms with Gasteiger partial charge in [0.2, 0.25) is 0 Å². The molecule has 6 heteroatoms. The minimum atomic E-state index is -0.245. The summed E-state index contributed by atoms with van der Waals surface area (Å²) in [5.74, 6) is 0.111. The Hall–Kier alpha value is -0.270. The lowest BCUT2D eigenvalue weighted by Crippen LogP contribution is -1.84. The van der Waals surface area contributed by atoms with Crippen LogP contribution in [0.15, 0.2) is 18.2 Å². The molecule has 78 valence electrons. The highest BCUT2D eigenvalue weighted by Crippen LogP contribution is 2.28. The lowest BCUT2D eigenvalue weighted by molar-refractivity contribution is 0.627. The summed E-state index contributed by atoms with van der Waals surface area (Å²) in [5.41, 5.74) is 0.894. The molecule has 2 aromatic rings. The molecule has 0 saturated carbocycles. The molecule has 0 aliphatic heterocycles. The van der Waals surface area contributed by atoms with E-state index in [9.17, 15) is 4.39 Å². The molecule has 0 aliphatic rings. The molecule has 0 fully saturated rings. The van der Waals surface area contributed by atoms with Crippen molar-refractivity contribution in [2.45, 2.75) is 5.88 Å². The number of aromatic nitrogens is 2. The molecule has 1 aromatic heterocycles. The smallest absolute Gasteiger partial charge is 0.148 e. The van der Waals surface area contributed by atoms with E-state index in [2.05, 4.69) is 32.8 Å². The normalized spacial score (nSPS) is 10.6. The van der Waals surface area contributed by atoms with Gasteiger partial charge >= 0.3 is 0 Å². The highest BCUT2D eigenvalue weighted by atomic mass is 127. The van der Waals surface area contributed by atoms with Gasteiger partial charge in [-0.3, -0.25) is 0 Å². The van der Waals surface area contributed by atoms with Gasteiger partial charge in [-0.1, -0.05) is 11.3 Å². The second-order valence-corrected chi connectivity index (χ2v) is 5.25. The summed E-state index contributed by atoms with van der Waals surface area (Å²) in [5, 5.41) is 9.46. The molecule has 0 atom stereocenters. The van der Waals surface area contributed by atoms with E-state index in [-0.39, 0.29) is 5.82 Å². The predicted octanol–water partition coefficient (Wildman–Crippen LogP) is 3.69. The zero-order valence-corrected chi connectivity index (χ0v) is 11.1. The first-order valence-electron chi connectivity index (χ1n) is 4.04. The average molecular weight is 355 g/mol. The number of hydrogen-bond acceptors (Lipinski definition) is 3. The summed E-state index contributed by atoms with van der Waals surface area (Å²) in [6.45, 7) is 0. The van der Waals surface area contributed by atoms with Gasteiger partial charge in [0.25, 0.3) is 0 Å². The molecule has 0 amide bonds. The van der Waals surface area contributed by atoms with Crippen LogP contribution in [0.4, 0.5) is 4.39 Å². The van der Waals surface area contributed by atoms with Crippen LogP contribution >= 0.6 is 45.5 Å². The fourth-order valence-electron chi connectivity index (χ4n) is 1.08. The fourth-order valence-corrected chi connectivity index (χ4v) is 2.94. The number of benzene rings is 1. The third-order valence-electron chi connectivity index (χ3n) is 1.74. The first-order valence-corrected chi connectivity index (χ1v) is 6.47. The lowest BCUT2D eigenvalue weighted by Gasteiger charge is -1.98. The van der Waals surface area contributed by atoms with Gasteiger partial charge in [-0.25, -0.2) is 4.39 Å². The van der Waals surface area contributed by atoms with Gasteiger partial charge in [-0.2, -0.15) is 0 Å². The largest absolute Gasteiger partial charge is 0.207 e. The Morgan fingerprint density at radius 3 is 2.80 bits per heavy atom. The van der Waals surface area contributed by atoms with Crippen LogP contribution in [0.5, 0.6) is 0 Å². The van der Waals surface area contributed by atoms with Crippen LogP contribution in [0.25, 0.3) is 10.6 Å². The van der Waals surface area contributed by atoms with Gasteiger partial charge in [0, 0.05) is 9.13 Å². The number of hydrogen-bond donors (Lipinski definition) is 0. The van der Waals surface area contributed by atoms with Crippen molar-refractivity contribution in [1.82, 2.24) is 10.2 Å². The Balaban J connectivity index is 2.44. The number of rotatable bonds is 2. The van der Waals surface area contributed by atoms with E-state index in [4.69, 9.17) is 11.6 Å². The van der Waals surface area contributed by atoms with Gasteiger partial charge in [0.15, 0.2) is 0 Å². The highest BCUT2D eigenvalue weighted by Gasteiger charge is 2.09. The van der Waals surface area contributed by atoms with Gasteiger partial charge < -0.3 is 0 Å². The number of halogens is 3. The van der Waals surface area contributed by atoms with Gasteiger partial charge in [-0.15, -0.1) is 21.8 Å². The van der Waals surface area contributed by atoms with Crippen LogP contribution < -0.4 is 0 Å². The molecule has 0 unspecified atom stereocenters. The van der Waals surface area contributed by atoms with Crippen molar-refractivity contribution >= 4 is 45.5 Å². The zero-order valence-electron chi connectivity index (χ0n) is 7.38. The molecular formula is C9H5ClFIN2S. The summed E-state index contributed by atoms with van der Waals surface area (Å²) < 4.78 is 13.7. The van der Waals surface area contributed by atoms with Crippen molar-refractivity contribution in [1.29, 1.82) is 0 Å². The van der Waals surface area contributed by atoms with Gasteiger partial charge in [0.05, 0.1) is 5.88 Å². The summed E-state index contributed by atoms with van der Waals surface area (Å²) in [6.07, 6.45) is 0. The monoisotopic (exact) mass is 354 g/mol. The van der Waals surface area contributed by atoms with Crippen molar-refractivity contribution in [2.75, 3.05) is 0 Å². The van der Waals surface area contributed by atoms with Crippen LogP contribution in [0.2, 0.25) is 0 Å². The first-order chi connectivity index (χ1) is 7.20. The molecule has 1 heterocycles. The minimum absolute atomic E-state index is 0.245. The van der Waals surface area contributed by atoms with Crippen molar-refractivity contribution in [3.63, 3.8) is 0 Å². The highest BCUT2D eigenvalue weighted by molar-refractivity contribution is 14.1. The molecule has 0 aliphatic carbocycles. The van der Waals surface area contributed by atoms with Crippen molar-refractivity contribution in [2.24, 2.45) is 0 Å². The second kappa shape index (κ2) is 4.71. The van der Waals surface area contributed by atoms with E-state index in [1.165, 1.54) is 23.5 Å². The molecule has 1 aromatic carbocycles. The molecule has 0 N–H and O–H groups in total. The maximum absolute atomic E-state index is 12.9. The van der Waals surface area contributed by atoms with Crippen molar-refractivity contribution in [3.8, 4) is 10.6 Å². The molecule has 0 bridgehead atoms. The lowest BCUT2D eigenvalue weighted by atomic mass is 10.2. The molecule has 2 rings (SSSR count). The number of alkyl halides is 1. The summed E-state index contributed by atoms with van der Waals surface area (Å²) in [4.78, 5) is 0. The minimum Gasteiger partial charge on any atom is -0.207 e. The number of nitrogens with zero attached hydrogens (tertiary/aromatic N) is 2. The second-order valence-electron chi connectivity index (χ2n) is 2.76. The van der Waals surface area contributed by atoms with Crippen LogP contribution in [0.1, 0.15) is 5.01 Å². The maximum atomic E-state index is 12.9. The topological polar surface area (TPSA) is 25.8 Å². The van der Waals surface area contributed by atoms with Gasteiger partial charge in [0.1, 0.15) is 15.8 Å². The zero-order chi connectivity index (χ0) is 10.8. The Morgan fingerprint density at radius 2 is 2.20 bits per heavy atom. The molecule has 15 heavy (non-hydrogen) atoms. The third kappa shape index (κ3) is 2.46. The maximum Gasteiger partial charge on any atom is 0.148 e. The quantitative estimate of drug-likeness (QED) is 0.607. The molecule has 0 saturated heterocycles. The van der Waals surface area contributed by atoms with Crippen LogP contribution in [0, 0.1) is 9.39 Å². The standard InChI is InChI=1S/C9H5ClFIN2S/c10-4-8-13-14-9(15-8)6-2-1-5(11)3-7(6)12/h1-3H,4H2. The van der Waals surface area contributed by atoms with E-state index < -0.39 is 0 Å². The fraction of sp³-hybridized carbons (Fsp3) is 0.111. The Bertz CT molecular complexity index is 489. The van der Waals surface area contributed by atoms with E-state index in [0.717, 1.165) is 19.1 Å². The summed E-state index contributed by atoms with van der Waals surface area (Å²) in [6, 6.07) is 4.59. The van der Waals surface area contributed by atoms with E-state index in [1.54, 1.807) is 6.07 Å². The van der Waals surface area contributed by atoms with E-state index in [0.29, 0.717) is 5.88 Å².